The van der Waals surface area contributed by atoms with E-state index >= 15 is 0 Å². The molecule has 0 aliphatic carbocycles. The second-order valence-corrected chi connectivity index (χ2v) is 4.91. The van der Waals surface area contributed by atoms with E-state index in [1.165, 1.54) is 5.56 Å². The van der Waals surface area contributed by atoms with E-state index in [4.69, 9.17) is 0 Å². The van der Waals surface area contributed by atoms with Crippen LogP contribution in [0.25, 0.3) is 0 Å². The Morgan fingerprint density at radius 3 is 2.76 bits per heavy atom. The summed E-state index contributed by atoms with van der Waals surface area (Å²) >= 11 is 3.44. The van der Waals surface area contributed by atoms with E-state index in [1.54, 1.807) is 6.20 Å². The largest absolute Gasteiger partial charge is 0.308 e. The van der Waals surface area contributed by atoms with E-state index in [0.29, 0.717) is 6.04 Å². The molecule has 2 aromatic rings. The maximum atomic E-state index is 4.17. The molecule has 1 N–H and O–H groups in total. The predicted molar refractivity (Wildman–Crippen MR) is 72.8 cm³/mol. The highest BCUT2D eigenvalue weighted by molar-refractivity contribution is 9.10. The highest BCUT2D eigenvalue weighted by atomic mass is 79.9. The van der Waals surface area contributed by atoms with Crippen molar-refractivity contribution >= 4 is 15.9 Å². The number of aromatic nitrogens is 2. The minimum Gasteiger partial charge on any atom is -0.308 e. The van der Waals surface area contributed by atoms with E-state index in [1.807, 2.05) is 16.9 Å². The minimum absolute atomic E-state index is 0.360. The Hall–Kier alpha value is -1.13. The number of hydrogen-bond acceptors (Lipinski definition) is 2. The zero-order valence-electron chi connectivity index (χ0n) is 9.81. The van der Waals surface area contributed by atoms with Crippen molar-refractivity contribution in [3.63, 3.8) is 0 Å². The molecule has 0 amide bonds. The number of nitrogens with zero attached hydrogens (tertiary/aromatic N) is 2. The van der Waals surface area contributed by atoms with Crippen LogP contribution in [0.15, 0.2) is 47.2 Å². The van der Waals surface area contributed by atoms with Crippen molar-refractivity contribution < 1.29 is 0 Å². The summed E-state index contributed by atoms with van der Waals surface area (Å²) in [6.45, 7) is 3.99. The molecular formula is C13H16BrN3. The number of halogens is 1. The monoisotopic (exact) mass is 293 g/mol. The van der Waals surface area contributed by atoms with Crippen molar-refractivity contribution in [3.8, 4) is 0 Å². The molecule has 0 fully saturated rings. The minimum atomic E-state index is 0.360. The molecule has 17 heavy (non-hydrogen) atoms. The van der Waals surface area contributed by atoms with E-state index in [9.17, 15) is 0 Å². The molecule has 4 heteroatoms. The molecule has 3 nitrogen and oxygen atoms in total. The van der Waals surface area contributed by atoms with Gasteiger partial charge in [-0.3, -0.25) is 4.68 Å². The van der Waals surface area contributed by atoms with Crippen LogP contribution in [0.5, 0.6) is 0 Å². The molecule has 0 aliphatic heterocycles. The Balaban J connectivity index is 1.81. The molecule has 1 atom stereocenters. The normalized spacial score (nSPS) is 12.6. The zero-order valence-corrected chi connectivity index (χ0v) is 11.4. The number of benzene rings is 1. The number of hydrogen-bond donors (Lipinski definition) is 1. The fourth-order valence-corrected chi connectivity index (χ4v) is 1.96. The van der Waals surface area contributed by atoms with Crippen LogP contribution in [0.4, 0.5) is 0 Å². The van der Waals surface area contributed by atoms with E-state index in [2.05, 4.69) is 57.5 Å². The number of nitrogens with one attached hydrogen (secondary N) is 1. The maximum Gasteiger partial charge on any atom is 0.0534 e. The van der Waals surface area contributed by atoms with Gasteiger partial charge in [0.15, 0.2) is 0 Å². The van der Waals surface area contributed by atoms with E-state index in [0.717, 1.165) is 17.6 Å². The average molecular weight is 294 g/mol. The van der Waals surface area contributed by atoms with E-state index in [-0.39, 0.29) is 0 Å². The molecule has 0 bridgehead atoms. The standard InChI is InChI=1S/C13H16BrN3/c1-11(12-3-5-13(14)6-4-12)15-8-10-17-9-2-7-16-17/h2-7,9,11,15H,8,10H2,1H3/t11-/m0/s1. The summed E-state index contributed by atoms with van der Waals surface area (Å²) < 4.78 is 3.05. The zero-order chi connectivity index (χ0) is 12.1. The van der Waals surface area contributed by atoms with Crippen LogP contribution in [0, 0.1) is 0 Å². The first-order valence-corrected chi connectivity index (χ1v) is 6.51. The quantitative estimate of drug-likeness (QED) is 0.918. The van der Waals surface area contributed by atoms with Crippen LogP contribution in [-0.2, 0) is 6.54 Å². The van der Waals surface area contributed by atoms with Gasteiger partial charge in [-0.25, -0.2) is 0 Å². The third-order valence-electron chi connectivity index (χ3n) is 2.72. The summed E-state index contributed by atoms with van der Waals surface area (Å²) in [5.74, 6) is 0. The lowest BCUT2D eigenvalue weighted by atomic mass is 10.1. The van der Waals surface area contributed by atoms with Gasteiger partial charge in [-0.05, 0) is 30.7 Å². The highest BCUT2D eigenvalue weighted by Gasteiger charge is 2.03. The van der Waals surface area contributed by atoms with Gasteiger partial charge in [-0.15, -0.1) is 0 Å². The van der Waals surface area contributed by atoms with Crippen LogP contribution in [-0.4, -0.2) is 16.3 Å². The third-order valence-corrected chi connectivity index (χ3v) is 3.25. The Bertz CT molecular complexity index is 436. The molecule has 0 saturated carbocycles. The molecule has 0 spiro atoms. The lowest BCUT2D eigenvalue weighted by Crippen LogP contribution is -2.23. The topological polar surface area (TPSA) is 29.9 Å². The van der Waals surface area contributed by atoms with Crippen molar-refractivity contribution in [1.82, 2.24) is 15.1 Å². The van der Waals surface area contributed by atoms with Gasteiger partial charge in [0.05, 0.1) is 6.54 Å². The molecule has 90 valence electrons. The average Bonchev–Trinajstić information content (AvgIpc) is 2.83. The lowest BCUT2D eigenvalue weighted by molar-refractivity contribution is 0.507. The van der Waals surface area contributed by atoms with Gasteiger partial charge in [-0.1, -0.05) is 28.1 Å². The van der Waals surface area contributed by atoms with Crippen molar-refractivity contribution in [2.24, 2.45) is 0 Å². The van der Waals surface area contributed by atoms with Gasteiger partial charge in [0.1, 0.15) is 0 Å². The second kappa shape index (κ2) is 5.98. The fourth-order valence-electron chi connectivity index (χ4n) is 1.70. The van der Waals surface area contributed by atoms with Gasteiger partial charge in [0, 0.05) is 29.5 Å². The first-order valence-electron chi connectivity index (χ1n) is 5.72. The molecule has 1 aromatic heterocycles. The predicted octanol–water partition coefficient (Wildman–Crippen LogP) is 3.00. The first-order chi connectivity index (χ1) is 8.25. The lowest BCUT2D eigenvalue weighted by Gasteiger charge is -2.14. The summed E-state index contributed by atoms with van der Waals surface area (Å²) in [5.41, 5.74) is 1.30. The van der Waals surface area contributed by atoms with Gasteiger partial charge in [0.25, 0.3) is 0 Å². The Kier molecular flexibility index (Phi) is 4.34. The molecule has 0 saturated heterocycles. The number of rotatable bonds is 5. The molecule has 2 rings (SSSR count). The SMILES string of the molecule is C[C@H](NCCn1cccn1)c1ccc(Br)cc1. The third kappa shape index (κ3) is 3.68. The summed E-state index contributed by atoms with van der Waals surface area (Å²) in [6.07, 6.45) is 3.78. The smallest absolute Gasteiger partial charge is 0.0534 e. The van der Waals surface area contributed by atoms with Gasteiger partial charge >= 0.3 is 0 Å². The van der Waals surface area contributed by atoms with Crippen LogP contribution in [0.3, 0.4) is 0 Å². The van der Waals surface area contributed by atoms with Gasteiger partial charge in [0.2, 0.25) is 0 Å². The summed E-state index contributed by atoms with van der Waals surface area (Å²) in [7, 11) is 0. The van der Waals surface area contributed by atoms with Crippen LogP contribution >= 0.6 is 15.9 Å². The molecule has 0 aliphatic rings. The van der Waals surface area contributed by atoms with E-state index < -0.39 is 0 Å². The molecule has 1 heterocycles. The fraction of sp³-hybridized carbons (Fsp3) is 0.308. The van der Waals surface area contributed by atoms with Crippen molar-refractivity contribution in [2.45, 2.75) is 19.5 Å². The van der Waals surface area contributed by atoms with Gasteiger partial charge < -0.3 is 5.32 Å². The summed E-state index contributed by atoms with van der Waals surface area (Å²) in [5, 5.41) is 7.65. The molecule has 0 unspecified atom stereocenters. The highest BCUT2D eigenvalue weighted by Crippen LogP contribution is 2.16. The van der Waals surface area contributed by atoms with Crippen molar-refractivity contribution in [3.05, 3.63) is 52.8 Å². The Morgan fingerprint density at radius 1 is 1.35 bits per heavy atom. The van der Waals surface area contributed by atoms with Crippen LogP contribution in [0.2, 0.25) is 0 Å². The van der Waals surface area contributed by atoms with Crippen molar-refractivity contribution in [1.29, 1.82) is 0 Å². The summed E-state index contributed by atoms with van der Waals surface area (Å²) in [4.78, 5) is 0. The Labute approximate surface area is 110 Å². The summed E-state index contributed by atoms with van der Waals surface area (Å²) in [6, 6.07) is 10.7. The first kappa shape index (κ1) is 12.3. The van der Waals surface area contributed by atoms with Gasteiger partial charge in [-0.2, -0.15) is 5.10 Å². The second-order valence-electron chi connectivity index (χ2n) is 4.00. The van der Waals surface area contributed by atoms with Crippen molar-refractivity contribution in [2.75, 3.05) is 6.54 Å². The maximum absolute atomic E-state index is 4.17. The molecule has 1 aromatic carbocycles. The van der Waals surface area contributed by atoms with Crippen LogP contribution < -0.4 is 5.32 Å². The molecule has 0 radical (unpaired) electrons. The Morgan fingerprint density at radius 2 is 2.12 bits per heavy atom. The molecular weight excluding hydrogens is 278 g/mol. The van der Waals surface area contributed by atoms with Crippen LogP contribution in [0.1, 0.15) is 18.5 Å².